The summed E-state index contributed by atoms with van der Waals surface area (Å²) in [5.41, 5.74) is 9.21. The van der Waals surface area contributed by atoms with E-state index in [1.165, 1.54) is 0 Å². The van der Waals surface area contributed by atoms with E-state index >= 15 is 0 Å². The van der Waals surface area contributed by atoms with E-state index in [9.17, 15) is 4.79 Å². The van der Waals surface area contributed by atoms with Gasteiger partial charge in [-0.2, -0.15) is 4.98 Å². The number of carbonyl (C=O) groups is 1. The van der Waals surface area contributed by atoms with Crippen LogP contribution in [0.15, 0.2) is 97.2 Å². The second-order valence-electron chi connectivity index (χ2n) is 7.62. The number of nitrogens with one attached hydrogen (secondary N) is 2. The normalized spacial score (nSPS) is 11.2. The topological polar surface area (TPSA) is 84.2 Å². The van der Waals surface area contributed by atoms with Gasteiger partial charge in [0.25, 0.3) is 11.9 Å². The van der Waals surface area contributed by atoms with E-state index in [1.807, 2.05) is 72.8 Å². The van der Waals surface area contributed by atoms with E-state index in [0.29, 0.717) is 17.2 Å². The van der Waals surface area contributed by atoms with Gasteiger partial charge in [-0.05, 0) is 35.0 Å². The molecule has 0 unspecified atom stereocenters. The number of anilines is 1. The maximum atomic E-state index is 13.2. The van der Waals surface area contributed by atoms with Crippen LogP contribution in [0.25, 0.3) is 38.6 Å². The van der Waals surface area contributed by atoms with Gasteiger partial charge >= 0.3 is 0 Å². The summed E-state index contributed by atoms with van der Waals surface area (Å²) in [6, 6.07) is 29.3. The zero-order valence-electron chi connectivity index (χ0n) is 17.4. The van der Waals surface area contributed by atoms with Gasteiger partial charge in [-0.15, -0.1) is 5.10 Å². The highest BCUT2D eigenvalue weighted by Gasteiger charge is 2.15. The van der Waals surface area contributed by atoms with E-state index in [4.69, 9.17) is 4.98 Å². The molecule has 0 spiro atoms. The fourth-order valence-corrected chi connectivity index (χ4v) is 4.01. The van der Waals surface area contributed by atoms with Gasteiger partial charge in [0.05, 0.1) is 16.8 Å². The lowest BCUT2D eigenvalue weighted by Gasteiger charge is -2.12. The number of aromatic nitrogens is 4. The number of rotatable bonds is 4. The maximum absolute atomic E-state index is 13.2. The first kappa shape index (κ1) is 18.9. The summed E-state index contributed by atoms with van der Waals surface area (Å²) in [4.78, 5) is 22.4. The molecule has 158 valence electrons. The van der Waals surface area contributed by atoms with Crippen LogP contribution in [0.4, 0.5) is 5.95 Å². The Morgan fingerprint density at radius 2 is 1.58 bits per heavy atom. The Bertz CT molecular complexity index is 1620. The van der Waals surface area contributed by atoms with Gasteiger partial charge in [-0.25, -0.2) is 9.50 Å². The molecule has 0 saturated heterocycles. The average molecular weight is 430 g/mol. The molecule has 0 aliphatic rings. The molecule has 6 rings (SSSR count). The lowest BCUT2D eigenvalue weighted by atomic mass is 9.99. The quantitative estimate of drug-likeness (QED) is 0.391. The molecule has 1 amide bonds. The minimum atomic E-state index is -0.297. The van der Waals surface area contributed by atoms with Gasteiger partial charge in [0.2, 0.25) is 0 Å². The smallest absolute Gasteiger partial charge is 0.267 e. The third-order valence-corrected chi connectivity index (χ3v) is 5.56. The van der Waals surface area contributed by atoms with E-state index in [2.05, 4.69) is 39.1 Å². The Morgan fingerprint density at radius 1 is 0.788 bits per heavy atom. The van der Waals surface area contributed by atoms with Crippen LogP contribution < -0.4 is 10.9 Å². The number of benzene rings is 3. The van der Waals surface area contributed by atoms with E-state index in [-0.39, 0.29) is 5.91 Å². The third kappa shape index (κ3) is 3.41. The molecule has 6 aromatic rings. The summed E-state index contributed by atoms with van der Waals surface area (Å²) >= 11 is 0. The minimum absolute atomic E-state index is 0.297. The highest BCUT2D eigenvalue weighted by molar-refractivity contribution is 6.08. The van der Waals surface area contributed by atoms with Gasteiger partial charge in [0, 0.05) is 17.1 Å². The van der Waals surface area contributed by atoms with Crippen molar-refractivity contribution in [2.75, 3.05) is 5.43 Å². The molecule has 2 N–H and O–H groups in total. The fraction of sp³-hybridized carbons (Fsp3) is 0. The molecule has 0 saturated carbocycles. The standard InChI is InChI=1S/C26H18N6O/c33-25(29-30-26-28-24-14-5-6-15-32(24)31-26)21-16-23(27-22-13-4-3-11-20(21)22)19-12-7-9-17-8-1-2-10-18(17)19/h1-16H,(H,29,33)(H,30,31). The summed E-state index contributed by atoms with van der Waals surface area (Å²) < 4.78 is 1.63. The number of nitrogens with zero attached hydrogens (tertiary/aromatic N) is 4. The fourth-order valence-electron chi connectivity index (χ4n) is 4.01. The molecule has 7 heteroatoms. The molecular formula is C26H18N6O. The van der Waals surface area contributed by atoms with Crippen molar-refractivity contribution in [3.63, 3.8) is 0 Å². The molecule has 0 aliphatic carbocycles. The number of hydrogen-bond acceptors (Lipinski definition) is 5. The Hall–Kier alpha value is -4.78. The summed E-state index contributed by atoms with van der Waals surface area (Å²) in [7, 11) is 0. The molecule has 3 heterocycles. The number of carbonyl (C=O) groups excluding carboxylic acids is 1. The van der Waals surface area contributed by atoms with Gasteiger partial charge < -0.3 is 0 Å². The van der Waals surface area contributed by atoms with Gasteiger partial charge in [0.1, 0.15) is 0 Å². The number of amides is 1. The second-order valence-corrected chi connectivity index (χ2v) is 7.62. The molecule has 3 aromatic carbocycles. The molecule has 0 fully saturated rings. The molecule has 33 heavy (non-hydrogen) atoms. The molecule has 0 atom stereocenters. The number of pyridine rings is 2. The van der Waals surface area contributed by atoms with Gasteiger partial charge in [0.15, 0.2) is 5.65 Å². The van der Waals surface area contributed by atoms with Gasteiger partial charge in [-0.1, -0.05) is 66.7 Å². The van der Waals surface area contributed by atoms with Crippen molar-refractivity contribution in [3.05, 3.63) is 103 Å². The van der Waals surface area contributed by atoms with E-state index in [0.717, 1.165) is 32.9 Å². The van der Waals surface area contributed by atoms with Crippen LogP contribution in [0, 0.1) is 0 Å². The first-order valence-electron chi connectivity index (χ1n) is 10.5. The maximum Gasteiger partial charge on any atom is 0.270 e. The second kappa shape index (κ2) is 7.72. The molecule has 0 radical (unpaired) electrons. The van der Waals surface area contributed by atoms with Crippen molar-refractivity contribution >= 4 is 39.2 Å². The third-order valence-electron chi connectivity index (χ3n) is 5.56. The molecular weight excluding hydrogens is 412 g/mol. The minimum Gasteiger partial charge on any atom is -0.267 e. The van der Waals surface area contributed by atoms with Crippen LogP contribution in [-0.4, -0.2) is 25.5 Å². The highest BCUT2D eigenvalue weighted by Crippen LogP contribution is 2.30. The van der Waals surface area contributed by atoms with Crippen molar-refractivity contribution in [2.45, 2.75) is 0 Å². The first-order valence-corrected chi connectivity index (χ1v) is 10.5. The van der Waals surface area contributed by atoms with Crippen molar-refractivity contribution in [3.8, 4) is 11.3 Å². The Balaban J connectivity index is 1.40. The van der Waals surface area contributed by atoms with Crippen molar-refractivity contribution in [2.24, 2.45) is 0 Å². The first-order chi connectivity index (χ1) is 16.3. The SMILES string of the molecule is O=C(NNc1nc2ccccn2n1)c1cc(-c2cccc3ccccc23)nc2ccccc12. The summed E-state index contributed by atoms with van der Waals surface area (Å²) in [5.74, 6) is 0.0103. The Morgan fingerprint density at radius 3 is 2.48 bits per heavy atom. The summed E-state index contributed by atoms with van der Waals surface area (Å²) in [6.45, 7) is 0. The van der Waals surface area contributed by atoms with Crippen LogP contribution in [-0.2, 0) is 0 Å². The van der Waals surface area contributed by atoms with Crippen molar-refractivity contribution in [1.29, 1.82) is 0 Å². The monoisotopic (exact) mass is 430 g/mol. The van der Waals surface area contributed by atoms with Crippen LogP contribution in [0.2, 0.25) is 0 Å². The summed E-state index contributed by atoms with van der Waals surface area (Å²) in [5, 5.41) is 7.28. The molecule has 0 bridgehead atoms. The predicted octanol–water partition coefficient (Wildman–Crippen LogP) is 4.85. The molecule has 3 aromatic heterocycles. The van der Waals surface area contributed by atoms with Crippen LogP contribution in [0.5, 0.6) is 0 Å². The Kier molecular flexibility index (Phi) is 4.43. The molecule has 0 aliphatic heterocycles. The number of hydrazine groups is 1. The van der Waals surface area contributed by atoms with E-state index < -0.39 is 0 Å². The summed E-state index contributed by atoms with van der Waals surface area (Å²) in [6.07, 6.45) is 1.79. The lowest BCUT2D eigenvalue weighted by molar-refractivity contribution is 0.0964. The number of fused-ring (bicyclic) bond motifs is 3. The zero-order chi connectivity index (χ0) is 22.2. The molecule has 7 nitrogen and oxygen atoms in total. The van der Waals surface area contributed by atoms with Crippen molar-refractivity contribution in [1.82, 2.24) is 25.0 Å². The van der Waals surface area contributed by atoms with Crippen molar-refractivity contribution < 1.29 is 4.79 Å². The van der Waals surface area contributed by atoms with E-state index in [1.54, 1.807) is 10.7 Å². The van der Waals surface area contributed by atoms with Crippen LogP contribution >= 0.6 is 0 Å². The predicted molar refractivity (Wildman–Crippen MR) is 129 cm³/mol. The number of para-hydroxylation sites is 1. The lowest BCUT2D eigenvalue weighted by Crippen LogP contribution is -2.30. The largest absolute Gasteiger partial charge is 0.270 e. The van der Waals surface area contributed by atoms with Crippen LogP contribution in [0.3, 0.4) is 0 Å². The Labute approximate surface area is 188 Å². The number of hydrogen-bond donors (Lipinski definition) is 2. The van der Waals surface area contributed by atoms with Crippen LogP contribution in [0.1, 0.15) is 10.4 Å². The van der Waals surface area contributed by atoms with Gasteiger partial charge in [-0.3, -0.25) is 15.6 Å². The highest BCUT2D eigenvalue weighted by atomic mass is 16.2. The average Bonchev–Trinajstić information content (AvgIpc) is 3.29. The zero-order valence-corrected chi connectivity index (χ0v) is 17.4.